The van der Waals surface area contributed by atoms with E-state index in [9.17, 15) is 4.79 Å². The Morgan fingerprint density at radius 2 is 1.76 bits per heavy atom. The monoisotopic (exact) mass is 456 g/mol. The SMILES string of the molecule is COC(=O)CC1c2ccc(OCc3cccc(-c4c(C)cc(C)cc4C)c3C)cc2OC12CC2. The fraction of sp³-hybridized carbons (Fsp3) is 0.367. The molecule has 0 N–H and O–H groups in total. The van der Waals surface area contributed by atoms with Crippen molar-refractivity contribution in [3.05, 3.63) is 81.9 Å². The molecule has 1 atom stereocenters. The zero-order chi connectivity index (χ0) is 24.0. The second kappa shape index (κ2) is 8.50. The number of methoxy groups -OCH3 is 1. The maximum Gasteiger partial charge on any atom is 0.306 e. The summed E-state index contributed by atoms with van der Waals surface area (Å²) in [5.74, 6) is 1.48. The summed E-state index contributed by atoms with van der Waals surface area (Å²) in [6.45, 7) is 9.17. The van der Waals surface area contributed by atoms with Gasteiger partial charge in [0.05, 0.1) is 13.5 Å². The van der Waals surface area contributed by atoms with Gasteiger partial charge in [-0.1, -0.05) is 42.0 Å². The maximum absolute atomic E-state index is 11.9. The fourth-order valence-electron chi connectivity index (χ4n) is 5.55. The molecule has 3 aromatic carbocycles. The number of hydrogen-bond acceptors (Lipinski definition) is 4. The average Bonchev–Trinajstić information content (AvgIpc) is 3.50. The summed E-state index contributed by atoms with van der Waals surface area (Å²) in [6, 6.07) is 16.9. The molecule has 1 saturated carbocycles. The first-order valence-corrected chi connectivity index (χ1v) is 12.0. The molecule has 0 aromatic heterocycles. The van der Waals surface area contributed by atoms with Gasteiger partial charge in [-0.15, -0.1) is 0 Å². The lowest BCUT2D eigenvalue weighted by molar-refractivity contribution is -0.141. The van der Waals surface area contributed by atoms with Crippen LogP contribution in [0, 0.1) is 27.7 Å². The highest BCUT2D eigenvalue weighted by Gasteiger charge is 2.58. The molecule has 0 amide bonds. The van der Waals surface area contributed by atoms with E-state index >= 15 is 0 Å². The van der Waals surface area contributed by atoms with Crippen LogP contribution in [0.5, 0.6) is 11.5 Å². The third kappa shape index (κ3) is 3.96. The van der Waals surface area contributed by atoms with Crippen molar-refractivity contribution in [1.29, 1.82) is 0 Å². The van der Waals surface area contributed by atoms with Gasteiger partial charge in [0.2, 0.25) is 0 Å². The number of ether oxygens (including phenoxy) is 3. The van der Waals surface area contributed by atoms with E-state index in [0.29, 0.717) is 13.0 Å². The van der Waals surface area contributed by atoms with E-state index in [1.54, 1.807) is 0 Å². The lowest BCUT2D eigenvalue weighted by Gasteiger charge is -2.17. The molecule has 176 valence electrons. The van der Waals surface area contributed by atoms with Crippen LogP contribution in [0.15, 0.2) is 48.5 Å². The summed E-state index contributed by atoms with van der Waals surface area (Å²) in [5, 5.41) is 0. The third-order valence-corrected chi connectivity index (χ3v) is 7.44. The minimum absolute atomic E-state index is 0.0592. The molecule has 0 bridgehead atoms. The molecule has 2 aliphatic rings. The van der Waals surface area contributed by atoms with E-state index in [0.717, 1.165) is 29.9 Å². The van der Waals surface area contributed by atoms with Gasteiger partial charge in [-0.25, -0.2) is 0 Å². The predicted molar refractivity (Wildman–Crippen MR) is 134 cm³/mol. The second-order valence-electron chi connectivity index (χ2n) is 9.85. The molecule has 5 rings (SSSR count). The number of aryl methyl sites for hydroxylation is 3. The highest BCUT2D eigenvalue weighted by atomic mass is 16.5. The summed E-state index contributed by atoms with van der Waals surface area (Å²) < 4.78 is 17.4. The van der Waals surface area contributed by atoms with Crippen LogP contribution in [-0.2, 0) is 16.1 Å². The molecule has 1 heterocycles. The van der Waals surface area contributed by atoms with Gasteiger partial charge in [-0.2, -0.15) is 0 Å². The van der Waals surface area contributed by atoms with Crippen molar-refractivity contribution in [1.82, 2.24) is 0 Å². The van der Waals surface area contributed by atoms with Gasteiger partial charge in [-0.3, -0.25) is 4.79 Å². The zero-order valence-electron chi connectivity index (χ0n) is 20.7. The van der Waals surface area contributed by atoms with Crippen molar-refractivity contribution in [3.63, 3.8) is 0 Å². The highest BCUT2D eigenvalue weighted by Crippen LogP contribution is 2.59. The molecule has 1 aliphatic heterocycles. The molecule has 1 fully saturated rings. The van der Waals surface area contributed by atoms with Gasteiger partial charge >= 0.3 is 5.97 Å². The number of esters is 1. The fourth-order valence-corrected chi connectivity index (χ4v) is 5.55. The molecule has 1 spiro atoms. The zero-order valence-corrected chi connectivity index (χ0v) is 20.7. The molecular formula is C30H32O4. The lowest BCUT2D eigenvalue weighted by atomic mass is 9.89. The predicted octanol–water partition coefficient (Wildman–Crippen LogP) is 6.74. The number of benzene rings is 3. The van der Waals surface area contributed by atoms with Crippen LogP contribution in [0.25, 0.3) is 11.1 Å². The Morgan fingerprint density at radius 3 is 2.44 bits per heavy atom. The van der Waals surface area contributed by atoms with E-state index in [1.165, 1.54) is 46.1 Å². The van der Waals surface area contributed by atoms with Crippen LogP contribution in [0.3, 0.4) is 0 Å². The summed E-state index contributed by atoms with van der Waals surface area (Å²) >= 11 is 0. The standard InChI is InChI=1S/C30H32O4/c1-18-13-19(2)29(20(3)14-18)24-8-6-7-22(21(24)4)17-33-23-9-10-25-26(16-28(31)32-5)30(11-12-30)34-27(25)15-23/h6-10,13-15,26H,11-12,16-17H2,1-5H3. The number of carbonyl (C=O) groups excluding carboxylic acids is 1. The topological polar surface area (TPSA) is 44.8 Å². The van der Waals surface area contributed by atoms with Gasteiger partial charge in [0, 0.05) is 17.5 Å². The Hall–Kier alpha value is -3.27. The average molecular weight is 457 g/mol. The van der Waals surface area contributed by atoms with Crippen molar-refractivity contribution in [3.8, 4) is 22.6 Å². The van der Waals surface area contributed by atoms with Crippen molar-refractivity contribution >= 4 is 5.97 Å². The van der Waals surface area contributed by atoms with E-state index in [2.05, 4.69) is 58.0 Å². The quantitative estimate of drug-likeness (QED) is 0.385. The van der Waals surface area contributed by atoms with Crippen LogP contribution in [0.2, 0.25) is 0 Å². The lowest BCUT2D eigenvalue weighted by Crippen LogP contribution is -2.23. The third-order valence-electron chi connectivity index (χ3n) is 7.44. The van der Waals surface area contributed by atoms with E-state index in [-0.39, 0.29) is 17.5 Å². The van der Waals surface area contributed by atoms with Gasteiger partial charge < -0.3 is 14.2 Å². The Kier molecular flexibility index (Phi) is 5.63. The van der Waals surface area contributed by atoms with Crippen LogP contribution in [-0.4, -0.2) is 18.7 Å². The second-order valence-corrected chi connectivity index (χ2v) is 9.85. The maximum atomic E-state index is 11.9. The Morgan fingerprint density at radius 1 is 1.03 bits per heavy atom. The van der Waals surface area contributed by atoms with Gasteiger partial charge in [-0.05, 0) is 80.0 Å². The molecule has 1 aliphatic carbocycles. The van der Waals surface area contributed by atoms with Crippen LogP contribution >= 0.6 is 0 Å². The number of fused-ring (bicyclic) bond motifs is 1. The summed E-state index contributed by atoms with van der Waals surface area (Å²) in [4.78, 5) is 11.9. The van der Waals surface area contributed by atoms with Crippen molar-refractivity contribution in [2.24, 2.45) is 0 Å². The molecular weight excluding hydrogens is 424 g/mol. The summed E-state index contributed by atoms with van der Waals surface area (Å²) in [7, 11) is 1.44. The number of carbonyl (C=O) groups is 1. The van der Waals surface area contributed by atoms with Crippen LogP contribution in [0.1, 0.15) is 58.6 Å². The van der Waals surface area contributed by atoms with E-state index in [4.69, 9.17) is 14.2 Å². The summed E-state index contributed by atoms with van der Waals surface area (Å²) in [6.07, 6.45) is 2.31. The van der Waals surface area contributed by atoms with Gasteiger partial charge in [0.25, 0.3) is 0 Å². The van der Waals surface area contributed by atoms with Crippen molar-refractivity contribution in [2.75, 3.05) is 7.11 Å². The number of hydrogen-bond donors (Lipinski definition) is 0. The largest absolute Gasteiger partial charge is 0.489 e. The minimum atomic E-state index is -0.232. The minimum Gasteiger partial charge on any atom is -0.489 e. The first kappa shape index (κ1) is 22.5. The first-order valence-electron chi connectivity index (χ1n) is 12.0. The number of rotatable bonds is 6. The molecule has 3 aromatic rings. The van der Waals surface area contributed by atoms with Crippen molar-refractivity contribution in [2.45, 2.75) is 65.1 Å². The smallest absolute Gasteiger partial charge is 0.306 e. The molecule has 34 heavy (non-hydrogen) atoms. The Balaban J connectivity index is 1.36. The highest BCUT2D eigenvalue weighted by molar-refractivity contribution is 5.75. The molecule has 0 saturated heterocycles. The molecule has 4 nitrogen and oxygen atoms in total. The Bertz CT molecular complexity index is 1250. The van der Waals surface area contributed by atoms with E-state index < -0.39 is 0 Å². The van der Waals surface area contributed by atoms with Crippen LogP contribution < -0.4 is 9.47 Å². The first-order chi connectivity index (χ1) is 16.3. The molecule has 0 radical (unpaired) electrons. The van der Waals surface area contributed by atoms with Gasteiger partial charge in [0.1, 0.15) is 23.7 Å². The Labute approximate surface area is 201 Å². The van der Waals surface area contributed by atoms with Crippen LogP contribution in [0.4, 0.5) is 0 Å². The normalized spacial score (nSPS) is 17.3. The van der Waals surface area contributed by atoms with Crippen molar-refractivity contribution < 1.29 is 19.0 Å². The molecule has 1 unspecified atom stereocenters. The van der Waals surface area contributed by atoms with E-state index in [1.807, 2.05) is 18.2 Å². The summed E-state index contributed by atoms with van der Waals surface area (Å²) in [5.41, 5.74) is 9.71. The van der Waals surface area contributed by atoms with Gasteiger partial charge in [0.15, 0.2) is 0 Å². The molecule has 4 heteroatoms.